The van der Waals surface area contributed by atoms with Crippen molar-refractivity contribution >= 4 is 77.0 Å². The number of hydrogen-bond donors (Lipinski definition) is 4. The Hall–Kier alpha value is -3.94. The third kappa shape index (κ3) is 7.54. The zero-order valence-electron chi connectivity index (χ0n) is 20.3. The van der Waals surface area contributed by atoms with E-state index >= 15 is 0 Å². The molecule has 4 aromatic rings. The summed E-state index contributed by atoms with van der Waals surface area (Å²) in [6.45, 7) is -0.649. The standard InChI is InChI=1S/C25H26N6O5S2/c32-20(30-36)12-2-1-3-13-23(35)31(14-21(33)28-24-26-16-8-4-6-10-18(16)37-24)15-22(34)29-25-27-17-9-5-7-11-19(17)38-25/h4-11,36H,1-3,12-15H2,(H,30,32)(H,26,28,33)(H,27,29,34). The summed E-state index contributed by atoms with van der Waals surface area (Å²) >= 11 is 2.64. The van der Waals surface area contributed by atoms with E-state index in [0.29, 0.717) is 29.5 Å². The third-order valence-corrected chi connectivity index (χ3v) is 7.42. The van der Waals surface area contributed by atoms with Gasteiger partial charge in [0.05, 0.1) is 20.4 Å². The summed E-state index contributed by atoms with van der Waals surface area (Å²) in [5.41, 5.74) is 3.08. The number of hydrogen-bond acceptors (Lipinski definition) is 9. The quantitative estimate of drug-likeness (QED) is 0.118. The first-order valence-corrected chi connectivity index (χ1v) is 13.6. The molecule has 198 valence electrons. The number of hydroxylamine groups is 1. The van der Waals surface area contributed by atoms with Crippen molar-refractivity contribution in [2.45, 2.75) is 32.1 Å². The number of nitrogens with zero attached hydrogens (tertiary/aromatic N) is 3. The summed E-state index contributed by atoms with van der Waals surface area (Å²) in [5, 5.41) is 14.8. The van der Waals surface area contributed by atoms with Crippen molar-refractivity contribution in [3.63, 3.8) is 0 Å². The highest BCUT2D eigenvalue weighted by Gasteiger charge is 2.21. The second-order valence-electron chi connectivity index (χ2n) is 8.42. The molecule has 0 saturated carbocycles. The SMILES string of the molecule is O=C(CCCCCC(=O)N(CC(=O)Nc1nc2ccccc2s1)CC(=O)Nc1nc2ccccc2s1)NO. The predicted octanol–water partition coefficient (Wildman–Crippen LogP) is 3.77. The normalized spacial score (nSPS) is 10.9. The summed E-state index contributed by atoms with van der Waals surface area (Å²) in [4.78, 5) is 59.7. The van der Waals surface area contributed by atoms with Crippen LogP contribution in [0.25, 0.3) is 20.4 Å². The Kier molecular flexibility index (Phi) is 9.30. The second kappa shape index (κ2) is 13.0. The molecule has 0 unspecified atom stereocenters. The molecule has 0 fully saturated rings. The number of unbranched alkanes of at least 4 members (excludes halogenated alkanes) is 2. The van der Waals surface area contributed by atoms with Gasteiger partial charge in [0.2, 0.25) is 23.6 Å². The van der Waals surface area contributed by atoms with Gasteiger partial charge in [0.1, 0.15) is 13.1 Å². The van der Waals surface area contributed by atoms with Crippen LogP contribution < -0.4 is 16.1 Å². The van der Waals surface area contributed by atoms with Crippen LogP contribution in [-0.4, -0.2) is 56.8 Å². The molecule has 4 rings (SSSR count). The Morgan fingerprint density at radius 3 is 1.71 bits per heavy atom. The van der Waals surface area contributed by atoms with E-state index < -0.39 is 17.7 Å². The van der Waals surface area contributed by atoms with Crippen LogP contribution in [0.4, 0.5) is 10.3 Å². The lowest BCUT2D eigenvalue weighted by Crippen LogP contribution is -2.42. The first-order valence-electron chi connectivity index (χ1n) is 11.9. The van der Waals surface area contributed by atoms with Gasteiger partial charge in [0, 0.05) is 12.8 Å². The van der Waals surface area contributed by atoms with Gasteiger partial charge in [0.25, 0.3) is 0 Å². The Labute approximate surface area is 225 Å². The van der Waals surface area contributed by atoms with Gasteiger partial charge >= 0.3 is 0 Å². The van der Waals surface area contributed by atoms with Crippen molar-refractivity contribution in [2.24, 2.45) is 0 Å². The Bertz CT molecular complexity index is 1300. The van der Waals surface area contributed by atoms with Crippen LogP contribution in [-0.2, 0) is 19.2 Å². The van der Waals surface area contributed by atoms with Crippen LogP contribution in [0.3, 0.4) is 0 Å². The summed E-state index contributed by atoms with van der Waals surface area (Å²) < 4.78 is 1.83. The number of carbonyl (C=O) groups excluding carboxylic acids is 4. The predicted molar refractivity (Wildman–Crippen MR) is 146 cm³/mol. The summed E-state index contributed by atoms with van der Waals surface area (Å²) in [7, 11) is 0. The van der Waals surface area contributed by atoms with Crippen LogP contribution in [0.1, 0.15) is 32.1 Å². The average molecular weight is 555 g/mol. The smallest absolute Gasteiger partial charge is 0.245 e. The first-order chi connectivity index (χ1) is 18.4. The highest BCUT2D eigenvalue weighted by Crippen LogP contribution is 2.26. The number of nitrogens with one attached hydrogen (secondary N) is 3. The molecule has 0 radical (unpaired) electrons. The van der Waals surface area contributed by atoms with Gasteiger partial charge in [-0.1, -0.05) is 53.4 Å². The number of carbonyl (C=O) groups is 4. The zero-order chi connectivity index (χ0) is 26.9. The van der Waals surface area contributed by atoms with Crippen LogP contribution in [0.5, 0.6) is 0 Å². The van der Waals surface area contributed by atoms with E-state index in [1.54, 1.807) is 5.48 Å². The monoisotopic (exact) mass is 554 g/mol. The summed E-state index contributed by atoms with van der Waals surface area (Å²) in [5.74, 6) is -1.79. The van der Waals surface area contributed by atoms with Crippen molar-refractivity contribution in [1.82, 2.24) is 20.3 Å². The van der Waals surface area contributed by atoms with E-state index in [4.69, 9.17) is 5.21 Å². The van der Waals surface area contributed by atoms with E-state index in [0.717, 1.165) is 20.4 Å². The topological polar surface area (TPSA) is 154 Å². The molecule has 2 heterocycles. The van der Waals surface area contributed by atoms with Crippen molar-refractivity contribution in [3.8, 4) is 0 Å². The van der Waals surface area contributed by atoms with Crippen molar-refractivity contribution in [1.29, 1.82) is 0 Å². The van der Waals surface area contributed by atoms with Crippen molar-refractivity contribution in [3.05, 3.63) is 48.5 Å². The second-order valence-corrected chi connectivity index (χ2v) is 10.5. The van der Waals surface area contributed by atoms with Crippen molar-refractivity contribution in [2.75, 3.05) is 23.7 Å². The lowest BCUT2D eigenvalue weighted by Gasteiger charge is -2.21. The molecule has 11 nitrogen and oxygen atoms in total. The summed E-state index contributed by atoms with van der Waals surface area (Å²) in [6.07, 6.45) is 1.78. The third-order valence-electron chi connectivity index (χ3n) is 5.52. The highest BCUT2D eigenvalue weighted by molar-refractivity contribution is 7.22. The number of para-hydroxylation sites is 2. The molecule has 4 N–H and O–H groups in total. The molecule has 2 aromatic heterocycles. The van der Waals surface area contributed by atoms with Gasteiger partial charge in [-0.3, -0.25) is 24.4 Å². The Morgan fingerprint density at radius 1 is 0.711 bits per heavy atom. The van der Waals surface area contributed by atoms with E-state index in [-0.39, 0.29) is 31.8 Å². The average Bonchev–Trinajstić information content (AvgIpc) is 3.50. The number of aromatic nitrogens is 2. The van der Waals surface area contributed by atoms with Crippen LogP contribution in [0, 0.1) is 0 Å². The van der Waals surface area contributed by atoms with Gasteiger partial charge < -0.3 is 15.5 Å². The number of anilines is 2. The van der Waals surface area contributed by atoms with Crippen LogP contribution in [0.2, 0.25) is 0 Å². The lowest BCUT2D eigenvalue weighted by atomic mass is 10.1. The maximum Gasteiger partial charge on any atom is 0.245 e. The fourth-order valence-electron chi connectivity index (χ4n) is 3.70. The Balaban J connectivity index is 1.37. The van der Waals surface area contributed by atoms with E-state index in [1.807, 2.05) is 48.5 Å². The van der Waals surface area contributed by atoms with E-state index in [9.17, 15) is 19.2 Å². The molecule has 0 bridgehead atoms. The van der Waals surface area contributed by atoms with Gasteiger partial charge in [-0.25, -0.2) is 15.4 Å². The molecule has 0 aliphatic rings. The number of fused-ring (bicyclic) bond motifs is 2. The minimum atomic E-state index is -0.490. The van der Waals surface area contributed by atoms with E-state index in [2.05, 4.69) is 20.6 Å². The number of benzene rings is 2. The van der Waals surface area contributed by atoms with Gasteiger partial charge in [0.15, 0.2) is 10.3 Å². The fourth-order valence-corrected chi connectivity index (χ4v) is 5.46. The molecule has 0 aliphatic carbocycles. The zero-order valence-corrected chi connectivity index (χ0v) is 21.9. The molecular weight excluding hydrogens is 528 g/mol. The molecule has 0 saturated heterocycles. The molecule has 0 aliphatic heterocycles. The molecule has 0 spiro atoms. The summed E-state index contributed by atoms with van der Waals surface area (Å²) in [6, 6.07) is 15.0. The van der Waals surface area contributed by atoms with Gasteiger partial charge in [-0.05, 0) is 37.1 Å². The minimum absolute atomic E-state index is 0.101. The molecular formula is C25H26N6O5S2. The number of thiazole rings is 2. The maximum atomic E-state index is 13.0. The fraction of sp³-hybridized carbons (Fsp3) is 0.280. The number of rotatable bonds is 12. The maximum absolute atomic E-state index is 13.0. The molecule has 13 heteroatoms. The molecule has 0 atom stereocenters. The van der Waals surface area contributed by atoms with Crippen LogP contribution in [0.15, 0.2) is 48.5 Å². The van der Waals surface area contributed by atoms with Crippen LogP contribution >= 0.6 is 22.7 Å². The number of amides is 4. The highest BCUT2D eigenvalue weighted by atomic mass is 32.1. The molecule has 4 amide bonds. The minimum Gasteiger partial charge on any atom is -0.324 e. The lowest BCUT2D eigenvalue weighted by molar-refractivity contribution is -0.137. The molecule has 38 heavy (non-hydrogen) atoms. The first kappa shape index (κ1) is 27.1. The van der Waals surface area contributed by atoms with E-state index in [1.165, 1.54) is 27.6 Å². The Morgan fingerprint density at radius 2 is 1.21 bits per heavy atom. The van der Waals surface area contributed by atoms with Gasteiger partial charge in [-0.2, -0.15) is 0 Å². The van der Waals surface area contributed by atoms with Crippen molar-refractivity contribution < 1.29 is 24.4 Å². The molecule has 2 aromatic carbocycles. The van der Waals surface area contributed by atoms with Gasteiger partial charge in [-0.15, -0.1) is 0 Å². The largest absolute Gasteiger partial charge is 0.324 e.